The van der Waals surface area contributed by atoms with E-state index in [4.69, 9.17) is 34.8 Å². The maximum Gasteiger partial charge on any atom is 0.255 e. The van der Waals surface area contributed by atoms with Crippen LogP contribution in [0.25, 0.3) is 0 Å². The van der Waals surface area contributed by atoms with Gasteiger partial charge >= 0.3 is 0 Å². The van der Waals surface area contributed by atoms with E-state index in [9.17, 15) is 28.2 Å². The Morgan fingerprint density at radius 2 is 1.47 bits per heavy atom. The number of anilines is 2. The molecule has 1 unspecified atom stereocenters. The van der Waals surface area contributed by atoms with E-state index in [0.29, 0.717) is 0 Å². The first kappa shape index (κ1) is 27.6. The zero-order chi connectivity index (χ0) is 26.8. The van der Waals surface area contributed by atoms with Crippen molar-refractivity contribution in [1.29, 1.82) is 0 Å². The molecule has 3 aromatic carbocycles. The van der Waals surface area contributed by atoms with Gasteiger partial charge in [-0.05, 0) is 43.7 Å². The van der Waals surface area contributed by atoms with E-state index in [-0.39, 0.29) is 49.1 Å². The van der Waals surface area contributed by atoms with E-state index < -0.39 is 32.7 Å². The molecule has 0 aliphatic rings. The van der Waals surface area contributed by atoms with Gasteiger partial charge in [0.25, 0.3) is 5.91 Å². The quantitative estimate of drug-likeness (QED) is 0.265. The Hall–Kier alpha value is -2.98. The van der Waals surface area contributed by atoms with Crippen molar-refractivity contribution in [2.24, 2.45) is 0 Å². The predicted octanol–water partition coefficient (Wildman–Crippen LogP) is 5.81. The van der Waals surface area contributed by atoms with Gasteiger partial charge in [-0.25, -0.2) is 8.42 Å². The highest BCUT2D eigenvalue weighted by Gasteiger charge is 2.33. The lowest BCUT2D eigenvalue weighted by molar-refractivity contribution is -0.115. The summed E-state index contributed by atoms with van der Waals surface area (Å²) in [6.45, 7) is 3.38. The number of hydrogen-bond donors (Lipinski definition) is 4. The van der Waals surface area contributed by atoms with Gasteiger partial charge in [-0.3, -0.25) is 9.59 Å². The van der Waals surface area contributed by atoms with Gasteiger partial charge in [-0.15, -0.1) is 0 Å². The first-order chi connectivity index (χ1) is 16.8. The van der Waals surface area contributed by atoms with Crippen LogP contribution in [0.1, 0.15) is 29.3 Å². The molecule has 0 aliphatic carbocycles. The van der Waals surface area contributed by atoms with Crippen molar-refractivity contribution < 1.29 is 28.2 Å². The third-order valence-corrected chi connectivity index (χ3v) is 8.37. The van der Waals surface area contributed by atoms with Crippen LogP contribution in [0.4, 0.5) is 11.4 Å². The van der Waals surface area contributed by atoms with Gasteiger partial charge in [0.15, 0.2) is 15.6 Å². The summed E-state index contributed by atoms with van der Waals surface area (Å²) in [5, 5.41) is 23.2. The van der Waals surface area contributed by atoms with Crippen molar-refractivity contribution in [1.82, 2.24) is 0 Å². The van der Waals surface area contributed by atoms with Gasteiger partial charge in [0.2, 0.25) is 5.91 Å². The van der Waals surface area contributed by atoms with Gasteiger partial charge < -0.3 is 20.8 Å². The molecule has 0 bridgehead atoms. The molecule has 0 saturated carbocycles. The maximum atomic E-state index is 13.0. The third kappa shape index (κ3) is 5.87. The molecular formula is C24H21Cl3N2O6S. The van der Waals surface area contributed by atoms with Crippen molar-refractivity contribution in [3.63, 3.8) is 0 Å². The van der Waals surface area contributed by atoms with Gasteiger partial charge in [0, 0.05) is 11.6 Å². The largest absolute Gasteiger partial charge is 0.506 e. The van der Waals surface area contributed by atoms with Crippen LogP contribution in [0.2, 0.25) is 15.1 Å². The monoisotopic (exact) mass is 570 g/mol. The standard InChI is InChI=1S/C24H21Cl3N2O6S/c1-3-21(36(34,35)14-6-4-12(2)5-7-14)24(33)28-18-11-20(30)19(10-15(18)25)29-23(32)13-8-16(26)22(31)17(27)9-13/h4-11,21,30-31H,3H2,1-2H3,(H,28,33)(H,29,32). The van der Waals surface area contributed by atoms with E-state index >= 15 is 0 Å². The number of aromatic hydroxyl groups is 2. The second kappa shape index (κ2) is 11.0. The summed E-state index contributed by atoms with van der Waals surface area (Å²) >= 11 is 17.9. The molecule has 8 nitrogen and oxygen atoms in total. The molecule has 0 spiro atoms. The minimum atomic E-state index is -3.99. The van der Waals surface area contributed by atoms with Gasteiger partial charge in [0.1, 0.15) is 11.0 Å². The number of halogens is 3. The number of sulfone groups is 1. The zero-order valence-electron chi connectivity index (χ0n) is 19.0. The van der Waals surface area contributed by atoms with Crippen LogP contribution >= 0.6 is 34.8 Å². The molecule has 3 rings (SSSR count). The third-order valence-electron chi connectivity index (χ3n) is 5.26. The number of carbonyl (C=O) groups is 2. The number of amides is 2. The van der Waals surface area contributed by atoms with Crippen molar-refractivity contribution in [3.8, 4) is 11.5 Å². The molecule has 12 heteroatoms. The highest BCUT2D eigenvalue weighted by atomic mass is 35.5. The SMILES string of the molecule is CCC(C(=O)Nc1cc(O)c(NC(=O)c2cc(Cl)c(O)c(Cl)c2)cc1Cl)S(=O)(=O)c1ccc(C)cc1. The average molecular weight is 572 g/mol. The number of rotatable bonds is 7. The van der Waals surface area contributed by atoms with Gasteiger partial charge in [0.05, 0.1) is 31.3 Å². The lowest BCUT2D eigenvalue weighted by Gasteiger charge is -2.18. The summed E-state index contributed by atoms with van der Waals surface area (Å²) < 4.78 is 26.0. The Morgan fingerprint density at radius 3 is 2.03 bits per heavy atom. The van der Waals surface area contributed by atoms with Crippen LogP contribution in [-0.4, -0.2) is 35.7 Å². The first-order valence-electron chi connectivity index (χ1n) is 10.5. The van der Waals surface area contributed by atoms with Crippen molar-refractivity contribution in [2.45, 2.75) is 30.4 Å². The van der Waals surface area contributed by atoms with Crippen molar-refractivity contribution in [3.05, 3.63) is 74.7 Å². The smallest absolute Gasteiger partial charge is 0.255 e. The zero-order valence-corrected chi connectivity index (χ0v) is 22.1. The summed E-state index contributed by atoms with van der Waals surface area (Å²) in [5.74, 6) is -2.37. The molecule has 0 fully saturated rings. The molecule has 0 aromatic heterocycles. The number of aryl methyl sites for hydroxylation is 1. The average Bonchev–Trinajstić information content (AvgIpc) is 2.80. The van der Waals surface area contributed by atoms with Crippen LogP contribution in [0.5, 0.6) is 11.5 Å². The highest BCUT2D eigenvalue weighted by Crippen LogP contribution is 2.36. The maximum absolute atomic E-state index is 13.0. The van der Waals surface area contributed by atoms with E-state index in [0.717, 1.165) is 11.6 Å². The van der Waals surface area contributed by atoms with E-state index in [1.165, 1.54) is 30.3 Å². The fraction of sp³-hybridized carbons (Fsp3) is 0.167. The summed E-state index contributed by atoms with van der Waals surface area (Å²) in [7, 11) is -3.99. The Bertz CT molecular complexity index is 1420. The summed E-state index contributed by atoms with van der Waals surface area (Å²) in [6.07, 6.45) is -0.00245. The fourth-order valence-electron chi connectivity index (χ4n) is 3.30. The number of benzene rings is 3. The normalized spacial score (nSPS) is 12.1. The lowest BCUT2D eigenvalue weighted by atomic mass is 10.2. The van der Waals surface area contributed by atoms with Crippen LogP contribution in [0, 0.1) is 6.92 Å². The topological polar surface area (TPSA) is 133 Å². The second-order valence-corrected chi connectivity index (χ2v) is 11.2. The molecule has 36 heavy (non-hydrogen) atoms. The summed E-state index contributed by atoms with van der Waals surface area (Å²) in [4.78, 5) is 25.4. The molecular weight excluding hydrogens is 551 g/mol. The molecule has 3 aromatic rings. The molecule has 1 atom stereocenters. The minimum Gasteiger partial charge on any atom is -0.506 e. The van der Waals surface area contributed by atoms with Crippen molar-refractivity contribution >= 4 is 67.8 Å². The molecule has 0 radical (unpaired) electrons. The minimum absolute atomic E-state index is 0.00245. The number of phenolic OH excluding ortho intramolecular Hbond substituents is 2. The highest BCUT2D eigenvalue weighted by molar-refractivity contribution is 7.92. The predicted molar refractivity (Wildman–Crippen MR) is 140 cm³/mol. The van der Waals surface area contributed by atoms with Crippen LogP contribution in [0.15, 0.2) is 53.4 Å². The molecule has 0 aliphatic heterocycles. The fourth-order valence-corrected chi connectivity index (χ4v) is 5.62. The number of carbonyl (C=O) groups excluding carboxylic acids is 2. The van der Waals surface area contributed by atoms with E-state index in [1.54, 1.807) is 19.1 Å². The molecule has 4 N–H and O–H groups in total. The molecule has 0 heterocycles. The Balaban J connectivity index is 1.82. The van der Waals surface area contributed by atoms with E-state index in [2.05, 4.69) is 10.6 Å². The Kier molecular flexibility index (Phi) is 8.40. The molecule has 2 amide bonds. The number of hydrogen-bond acceptors (Lipinski definition) is 6. The Morgan fingerprint density at radius 1 is 0.889 bits per heavy atom. The van der Waals surface area contributed by atoms with Crippen LogP contribution in [0.3, 0.4) is 0 Å². The summed E-state index contributed by atoms with van der Waals surface area (Å²) in [5.41, 5.74) is 0.730. The van der Waals surface area contributed by atoms with E-state index in [1.807, 2.05) is 6.92 Å². The second-order valence-electron chi connectivity index (χ2n) is 7.84. The van der Waals surface area contributed by atoms with Gasteiger partial charge in [-0.1, -0.05) is 59.4 Å². The molecule has 190 valence electrons. The lowest BCUT2D eigenvalue weighted by Crippen LogP contribution is -2.34. The molecule has 0 saturated heterocycles. The summed E-state index contributed by atoms with van der Waals surface area (Å²) in [6, 6.07) is 10.8. The first-order valence-corrected chi connectivity index (χ1v) is 13.2. The van der Waals surface area contributed by atoms with Crippen molar-refractivity contribution in [2.75, 3.05) is 10.6 Å². The number of phenols is 2. The van der Waals surface area contributed by atoms with Crippen LogP contribution in [-0.2, 0) is 14.6 Å². The van der Waals surface area contributed by atoms with Gasteiger partial charge in [-0.2, -0.15) is 0 Å². The van der Waals surface area contributed by atoms with Crippen LogP contribution < -0.4 is 10.6 Å². The Labute approximate surface area is 222 Å². The number of nitrogens with one attached hydrogen (secondary N) is 2.